The number of hydrogen-bond donors (Lipinski definition) is 3. The molecule has 1 aromatic rings. The highest BCUT2D eigenvalue weighted by molar-refractivity contribution is 6.67. The summed E-state index contributed by atoms with van der Waals surface area (Å²) >= 11 is 0. The lowest BCUT2D eigenvalue weighted by Crippen LogP contribution is -2.48. The van der Waals surface area contributed by atoms with E-state index < -0.39 is 0 Å². The molecule has 5 N–H and O–H groups in total. The maximum absolute atomic E-state index is 5.50. The van der Waals surface area contributed by atoms with Gasteiger partial charge in [-0.3, -0.25) is 0 Å². The zero-order chi connectivity index (χ0) is 8.97. The molecule has 0 amide bonds. The highest BCUT2D eigenvalue weighted by Crippen LogP contribution is 1.95. The van der Waals surface area contributed by atoms with Gasteiger partial charge in [-0.05, 0) is 18.1 Å². The minimum atomic E-state index is -0.367. The van der Waals surface area contributed by atoms with E-state index in [1.54, 1.807) is 0 Å². The number of nitrogens with two attached hydrogens (primary N) is 2. The van der Waals surface area contributed by atoms with Crippen LogP contribution in [-0.2, 0) is 6.54 Å². The van der Waals surface area contributed by atoms with Crippen molar-refractivity contribution < 1.29 is 0 Å². The third-order valence-electron chi connectivity index (χ3n) is 1.75. The maximum atomic E-state index is 5.50. The van der Waals surface area contributed by atoms with Crippen molar-refractivity contribution in [3.05, 3.63) is 29.8 Å². The standard InChI is InChI=1S/C8H14BN3/c1-12-6-7-2-4-8(5-3-7)9(10)11/h2-5,12H,6,10-11H2,1H3. The first-order valence-electron chi connectivity index (χ1n) is 3.98. The van der Waals surface area contributed by atoms with Crippen molar-refractivity contribution in [2.24, 2.45) is 11.3 Å². The summed E-state index contributed by atoms with van der Waals surface area (Å²) in [6.45, 7) is 0.508. The van der Waals surface area contributed by atoms with Crippen molar-refractivity contribution in [2.75, 3.05) is 7.05 Å². The lowest BCUT2D eigenvalue weighted by atomic mass is 9.72. The van der Waals surface area contributed by atoms with E-state index in [9.17, 15) is 0 Å². The van der Waals surface area contributed by atoms with Crippen LogP contribution in [0.1, 0.15) is 5.56 Å². The predicted octanol–water partition coefficient (Wildman–Crippen LogP) is -0.981. The van der Waals surface area contributed by atoms with Gasteiger partial charge in [-0.1, -0.05) is 24.3 Å². The van der Waals surface area contributed by atoms with E-state index in [2.05, 4.69) is 5.32 Å². The Morgan fingerprint density at radius 3 is 2.25 bits per heavy atom. The molecule has 0 fully saturated rings. The highest BCUT2D eigenvalue weighted by atomic mass is 14.8. The van der Waals surface area contributed by atoms with E-state index in [-0.39, 0.29) is 6.98 Å². The first-order valence-corrected chi connectivity index (χ1v) is 3.98. The number of rotatable bonds is 3. The van der Waals surface area contributed by atoms with Crippen LogP contribution in [0.4, 0.5) is 0 Å². The van der Waals surface area contributed by atoms with Crippen molar-refractivity contribution in [3.8, 4) is 0 Å². The second-order valence-corrected chi connectivity index (χ2v) is 2.80. The minimum absolute atomic E-state index is 0.367. The Hall–Kier alpha value is -0.835. The van der Waals surface area contributed by atoms with E-state index in [0.29, 0.717) is 0 Å². The van der Waals surface area contributed by atoms with E-state index >= 15 is 0 Å². The molecule has 0 bridgehead atoms. The number of nitrogens with one attached hydrogen (secondary N) is 1. The van der Waals surface area contributed by atoms with Crippen LogP contribution in [0.25, 0.3) is 0 Å². The monoisotopic (exact) mass is 163 g/mol. The largest absolute Gasteiger partial charge is 0.352 e. The van der Waals surface area contributed by atoms with Gasteiger partial charge in [0.1, 0.15) is 0 Å². The van der Waals surface area contributed by atoms with Gasteiger partial charge in [-0.25, -0.2) is 0 Å². The predicted molar refractivity (Wildman–Crippen MR) is 53.0 cm³/mol. The Kier molecular flexibility index (Phi) is 3.28. The summed E-state index contributed by atoms with van der Waals surface area (Å²) in [6, 6.07) is 7.96. The summed E-state index contributed by atoms with van der Waals surface area (Å²) in [4.78, 5) is 0. The first kappa shape index (κ1) is 9.25. The minimum Gasteiger partial charge on any atom is -0.352 e. The van der Waals surface area contributed by atoms with Crippen LogP contribution in [-0.4, -0.2) is 14.0 Å². The molecule has 12 heavy (non-hydrogen) atoms. The van der Waals surface area contributed by atoms with Crippen LogP contribution in [0.15, 0.2) is 24.3 Å². The van der Waals surface area contributed by atoms with Gasteiger partial charge in [-0.15, -0.1) is 0 Å². The quantitative estimate of drug-likeness (QED) is 0.501. The highest BCUT2D eigenvalue weighted by Gasteiger charge is 2.03. The molecular weight excluding hydrogens is 149 g/mol. The molecule has 0 atom stereocenters. The molecule has 0 aromatic heterocycles. The van der Waals surface area contributed by atoms with Crippen LogP contribution >= 0.6 is 0 Å². The van der Waals surface area contributed by atoms with Crippen LogP contribution in [0.2, 0.25) is 0 Å². The lowest BCUT2D eigenvalue weighted by Gasteiger charge is -2.03. The second kappa shape index (κ2) is 4.26. The molecule has 0 spiro atoms. The van der Waals surface area contributed by atoms with Crippen LogP contribution in [0.3, 0.4) is 0 Å². The van der Waals surface area contributed by atoms with Gasteiger partial charge in [0.2, 0.25) is 0 Å². The van der Waals surface area contributed by atoms with E-state index in [4.69, 9.17) is 11.3 Å². The van der Waals surface area contributed by atoms with Crippen molar-refractivity contribution in [3.63, 3.8) is 0 Å². The maximum Gasteiger partial charge on any atom is 0.335 e. The number of hydrogen-bond acceptors (Lipinski definition) is 3. The summed E-state index contributed by atoms with van der Waals surface area (Å²) in [6.07, 6.45) is 0. The van der Waals surface area contributed by atoms with Crippen molar-refractivity contribution in [1.82, 2.24) is 5.32 Å². The van der Waals surface area contributed by atoms with Crippen molar-refractivity contribution in [1.29, 1.82) is 0 Å². The van der Waals surface area contributed by atoms with Gasteiger partial charge in [0.25, 0.3) is 0 Å². The molecule has 0 saturated heterocycles. The first-order chi connectivity index (χ1) is 5.74. The molecule has 0 aliphatic heterocycles. The van der Waals surface area contributed by atoms with Gasteiger partial charge < -0.3 is 16.6 Å². The summed E-state index contributed by atoms with van der Waals surface area (Å²) in [5.41, 5.74) is 13.2. The molecule has 1 aromatic carbocycles. The molecule has 0 heterocycles. The zero-order valence-electron chi connectivity index (χ0n) is 7.25. The SMILES string of the molecule is CNCc1ccc(B(N)N)cc1. The van der Waals surface area contributed by atoms with E-state index in [0.717, 1.165) is 12.0 Å². The van der Waals surface area contributed by atoms with Crippen molar-refractivity contribution in [2.45, 2.75) is 6.54 Å². The molecule has 0 unspecified atom stereocenters. The van der Waals surface area contributed by atoms with Gasteiger partial charge >= 0.3 is 6.98 Å². The average molecular weight is 163 g/mol. The summed E-state index contributed by atoms with van der Waals surface area (Å²) in [7, 11) is 1.92. The smallest absolute Gasteiger partial charge is 0.335 e. The Labute approximate surface area is 73.3 Å². The molecule has 64 valence electrons. The van der Waals surface area contributed by atoms with Gasteiger partial charge in [0.15, 0.2) is 0 Å². The second-order valence-electron chi connectivity index (χ2n) is 2.80. The average Bonchev–Trinajstić information content (AvgIpc) is 2.06. The van der Waals surface area contributed by atoms with Gasteiger partial charge in [-0.2, -0.15) is 0 Å². The third kappa shape index (κ3) is 2.34. The molecule has 0 saturated carbocycles. The Bertz CT molecular complexity index is 233. The molecule has 3 nitrogen and oxygen atoms in total. The molecule has 0 aliphatic carbocycles. The molecule has 4 heteroatoms. The molecular formula is C8H14BN3. The number of benzene rings is 1. The zero-order valence-corrected chi connectivity index (χ0v) is 7.25. The molecule has 0 radical (unpaired) electrons. The Morgan fingerprint density at radius 2 is 1.83 bits per heavy atom. The fourth-order valence-corrected chi connectivity index (χ4v) is 1.06. The molecule has 0 aliphatic rings. The third-order valence-corrected chi connectivity index (χ3v) is 1.75. The van der Waals surface area contributed by atoms with Crippen LogP contribution < -0.4 is 22.1 Å². The van der Waals surface area contributed by atoms with E-state index in [1.807, 2.05) is 31.3 Å². The molecule has 1 rings (SSSR count). The van der Waals surface area contributed by atoms with Crippen LogP contribution in [0, 0.1) is 0 Å². The lowest BCUT2D eigenvalue weighted by molar-refractivity contribution is 0.818. The van der Waals surface area contributed by atoms with Crippen LogP contribution in [0.5, 0.6) is 0 Å². The topological polar surface area (TPSA) is 64.1 Å². The Balaban J connectivity index is 2.71. The summed E-state index contributed by atoms with van der Waals surface area (Å²) in [5, 5.41) is 3.07. The summed E-state index contributed by atoms with van der Waals surface area (Å²) < 4.78 is 0. The van der Waals surface area contributed by atoms with Gasteiger partial charge in [0.05, 0.1) is 0 Å². The normalized spacial score (nSPS) is 9.92. The van der Waals surface area contributed by atoms with E-state index in [1.165, 1.54) is 5.56 Å². The fourth-order valence-electron chi connectivity index (χ4n) is 1.06. The van der Waals surface area contributed by atoms with Crippen molar-refractivity contribution >= 4 is 12.4 Å². The Morgan fingerprint density at radius 1 is 1.25 bits per heavy atom. The van der Waals surface area contributed by atoms with Gasteiger partial charge in [0, 0.05) is 6.54 Å². The summed E-state index contributed by atoms with van der Waals surface area (Å²) in [5.74, 6) is 0. The fraction of sp³-hybridized carbons (Fsp3) is 0.250.